The average Bonchev–Trinajstić information content (AvgIpc) is 3.16. The first kappa shape index (κ1) is 20.2. The third kappa shape index (κ3) is 5.47. The monoisotopic (exact) mass is 410 g/mol. The number of hydrogen-bond acceptors (Lipinski definition) is 6. The Hall–Kier alpha value is -3.56. The molecular formula is C19H14F4N2O4. The molecule has 10 heteroatoms. The van der Waals surface area contributed by atoms with Crippen molar-refractivity contribution in [2.45, 2.75) is 13.2 Å². The van der Waals surface area contributed by atoms with Gasteiger partial charge in [-0.3, -0.25) is 0 Å². The van der Waals surface area contributed by atoms with E-state index in [0.29, 0.717) is 11.1 Å². The minimum Gasteiger partial charge on any atom is -0.493 e. The van der Waals surface area contributed by atoms with Crippen LogP contribution >= 0.6 is 0 Å². The lowest BCUT2D eigenvalue weighted by molar-refractivity contribution is -0.0514. The summed E-state index contributed by atoms with van der Waals surface area (Å²) in [5, 5.41) is 7.77. The summed E-state index contributed by atoms with van der Waals surface area (Å²) in [5.74, 6) is 0.340. The van der Waals surface area contributed by atoms with Crippen molar-refractivity contribution in [3.8, 4) is 28.7 Å². The molecule has 0 saturated carbocycles. The largest absolute Gasteiger partial charge is 0.493 e. The van der Waals surface area contributed by atoms with Gasteiger partial charge >= 0.3 is 13.2 Å². The Labute approximate surface area is 162 Å². The maximum absolute atomic E-state index is 12.4. The van der Waals surface area contributed by atoms with Crippen molar-refractivity contribution in [2.24, 2.45) is 0 Å². The van der Waals surface area contributed by atoms with Crippen molar-refractivity contribution in [1.82, 2.24) is 10.2 Å². The van der Waals surface area contributed by atoms with Crippen LogP contribution in [0.3, 0.4) is 0 Å². The fraction of sp³-hybridized carbons (Fsp3) is 0.158. The van der Waals surface area contributed by atoms with Gasteiger partial charge in [0.05, 0.1) is 7.11 Å². The summed E-state index contributed by atoms with van der Waals surface area (Å²) >= 11 is 0. The summed E-state index contributed by atoms with van der Waals surface area (Å²) < 4.78 is 68.3. The third-order valence-electron chi connectivity index (χ3n) is 3.59. The van der Waals surface area contributed by atoms with E-state index in [1.54, 1.807) is 18.2 Å². The third-order valence-corrected chi connectivity index (χ3v) is 3.59. The zero-order valence-corrected chi connectivity index (χ0v) is 14.9. The number of aromatic nitrogens is 2. The molecule has 0 atom stereocenters. The van der Waals surface area contributed by atoms with Gasteiger partial charge in [0.2, 0.25) is 11.8 Å². The van der Waals surface area contributed by atoms with Crippen LogP contribution in [0.1, 0.15) is 11.5 Å². The second-order valence-corrected chi connectivity index (χ2v) is 5.47. The van der Waals surface area contributed by atoms with Crippen molar-refractivity contribution < 1.29 is 36.2 Å². The molecule has 0 radical (unpaired) electrons. The van der Waals surface area contributed by atoms with Gasteiger partial charge in [-0.1, -0.05) is 12.1 Å². The summed E-state index contributed by atoms with van der Waals surface area (Å²) in [6, 6.07) is 10.2. The maximum atomic E-state index is 12.4. The quantitative estimate of drug-likeness (QED) is 0.481. The molecule has 152 valence electrons. The first-order valence-electron chi connectivity index (χ1n) is 8.14. The second-order valence-electron chi connectivity index (χ2n) is 5.47. The van der Waals surface area contributed by atoms with E-state index in [1.165, 1.54) is 43.5 Å². The fourth-order valence-electron chi connectivity index (χ4n) is 2.34. The van der Waals surface area contributed by atoms with E-state index in [9.17, 15) is 17.6 Å². The Bertz CT molecular complexity index is 975. The first-order valence-corrected chi connectivity index (χ1v) is 8.14. The zero-order chi connectivity index (χ0) is 20.8. The summed E-state index contributed by atoms with van der Waals surface area (Å²) in [4.78, 5) is 0. The van der Waals surface area contributed by atoms with E-state index < -0.39 is 13.2 Å². The molecule has 0 saturated heterocycles. The molecule has 0 fully saturated rings. The highest BCUT2D eigenvalue weighted by Crippen LogP contribution is 2.33. The summed E-state index contributed by atoms with van der Waals surface area (Å²) in [6.45, 7) is -5.87. The van der Waals surface area contributed by atoms with E-state index in [2.05, 4.69) is 19.7 Å². The van der Waals surface area contributed by atoms with Gasteiger partial charge in [-0.25, -0.2) is 0 Å². The van der Waals surface area contributed by atoms with Gasteiger partial charge in [0.25, 0.3) is 0 Å². The number of rotatable bonds is 8. The zero-order valence-electron chi connectivity index (χ0n) is 14.9. The molecule has 1 aromatic heterocycles. The predicted molar refractivity (Wildman–Crippen MR) is 94.9 cm³/mol. The predicted octanol–water partition coefficient (Wildman–Crippen LogP) is 5.12. The van der Waals surface area contributed by atoms with E-state index in [-0.39, 0.29) is 29.0 Å². The van der Waals surface area contributed by atoms with Gasteiger partial charge in [0.1, 0.15) is 5.75 Å². The maximum Gasteiger partial charge on any atom is 0.387 e. The summed E-state index contributed by atoms with van der Waals surface area (Å²) in [6.07, 6.45) is 3.18. The van der Waals surface area contributed by atoms with E-state index >= 15 is 0 Å². The Morgan fingerprint density at radius 2 is 1.59 bits per heavy atom. The molecule has 0 unspecified atom stereocenters. The van der Waals surface area contributed by atoms with Gasteiger partial charge in [-0.15, -0.1) is 10.2 Å². The molecule has 2 aromatic carbocycles. The van der Waals surface area contributed by atoms with Crippen molar-refractivity contribution >= 4 is 12.2 Å². The fourth-order valence-corrected chi connectivity index (χ4v) is 2.34. The van der Waals surface area contributed by atoms with Crippen LogP contribution < -0.4 is 14.2 Å². The second kappa shape index (κ2) is 9.09. The average molecular weight is 410 g/mol. The molecule has 0 spiro atoms. The van der Waals surface area contributed by atoms with E-state index in [4.69, 9.17) is 9.15 Å². The molecule has 0 aliphatic rings. The number of alkyl halides is 4. The smallest absolute Gasteiger partial charge is 0.387 e. The molecule has 0 aliphatic heterocycles. The van der Waals surface area contributed by atoms with Gasteiger partial charge < -0.3 is 18.6 Å². The van der Waals surface area contributed by atoms with Crippen molar-refractivity contribution in [3.63, 3.8) is 0 Å². The molecule has 0 amide bonds. The number of ether oxygens (including phenoxy) is 3. The first-order chi connectivity index (χ1) is 13.9. The highest BCUT2D eigenvalue weighted by Gasteiger charge is 2.14. The molecule has 3 aromatic rings. The number of hydrogen-bond donors (Lipinski definition) is 0. The Morgan fingerprint density at radius 1 is 0.862 bits per heavy atom. The van der Waals surface area contributed by atoms with Gasteiger partial charge in [0.15, 0.2) is 11.5 Å². The minimum absolute atomic E-state index is 0.0467. The number of methoxy groups -OCH3 is 1. The molecule has 29 heavy (non-hydrogen) atoms. The van der Waals surface area contributed by atoms with Crippen LogP contribution in [0, 0.1) is 0 Å². The Kier molecular flexibility index (Phi) is 6.32. The van der Waals surface area contributed by atoms with Gasteiger partial charge in [-0.05, 0) is 42.0 Å². The van der Waals surface area contributed by atoms with Crippen LogP contribution in [0.5, 0.6) is 17.2 Å². The van der Waals surface area contributed by atoms with E-state index in [1.807, 2.05) is 0 Å². The molecule has 0 bridgehead atoms. The van der Waals surface area contributed by atoms with Crippen LogP contribution in [-0.4, -0.2) is 30.5 Å². The molecule has 3 rings (SSSR count). The molecule has 0 N–H and O–H groups in total. The Balaban J connectivity index is 1.72. The van der Waals surface area contributed by atoms with Crippen LogP contribution in [0.25, 0.3) is 23.6 Å². The standard InChI is InChI=1S/C19H14F4N2O4/c1-26-15-10-12(5-8-14(15)28-19(22)23)17-25-24-16(29-17)9-4-11-2-6-13(7-3-11)27-18(20)21/h2-10,18-19H,1H3/b9-4-. The number of halogens is 4. The topological polar surface area (TPSA) is 66.6 Å². The van der Waals surface area contributed by atoms with Crippen LogP contribution in [0.2, 0.25) is 0 Å². The van der Waals surface area contributed by atoms with Crippen LogP contribution in [-0.2, 0) is 0 Å². The van der Waals surface area contributed by atoms with Crippen LogP contribution in [0.15, 0.2) is 46.9 Å². The number of nitrogens with zero attached hydrogens (tertiary/aromatic N) is 2. The lowest BCUT2D eigenvalue weighted by Gasteiger charge is -2.10. The molecule has 0 aliphatic carbocycles. The van der Waals surface area contributed by atoms with Gasteiger partial charge in [0, 0.05) is 11.6 Å². The van der Waals surface area contributed by atoms with Crippen molar-refractivity contribution in [1.29, 1.82) is 0 Å². The molecule has 6 nitrogen and oxygen atoms in total. The molecular weight excluding hydrogens is 396 g/mol. The van der Waals surface area contributed by atoms with Crippen molar-refractivity contribution in [2.75, 3.05) is 7.11 Å². The van der Waals surface area contributed by atoms with Crippen molar-refractivity contribution in [3.05, 3.63) is 53.9 Å². The summed E-state index contributed by atoms with van der Waals surface area (Å²) in [7, 11) is 1.32. The SMILES string of the molecule is COc1cc(-c2nnc(/C=C\c3ccc(OC(F)F)cc3)o2)ccc1OC(F)F. The lowest BCUT2D eigenvalue weighted by Crippen LogP contribution is -2.03. The highest BCUT2D eigenvalue weighted by molar-refractivity contribution is 5.67. The normalized spacial score (nSPS) is 11.4. The van der Waals surface area contributed by atoms with E-state index in [0.717, 1.165) is 0 Å². The van der Waals surface area contributed by atoms with Crippen LogP contribution in [0.4, 0.5) is 17.6 Å². The minimum atomic E-state index is -2.98. The van der Waals surface area contributed by atoms with Gasteiger partial charge in [-0.2, -0.15) is 17.6 Å². The summed E-state index contributed by atoms with van der Waals surface area (Å²) in [5.41, 5.74) is 1.14. The number of benzene rings is 2. The molecule has 1 heterocycles. The highest BCUT2D eigenvalue weighted by atomic mass is 19.3. The Morgan fingerprint density at radius 3 is 2.24 bits per heavy atom. The lowest BCUT2D eigenvalue weighted by atomic mass is 10.2.